The van der Waals surface area contributed by atoms with Crippen LogP contribution in [-0.2, 0) is 0 Å². The number of urea groups is 1. The van der Waals surface area contributed by atoms with Crippen LogP contribution in [0.2, 0.25) is 5.02 Å². The van der Waals surface area contributed by atoms with Gasteiger partial charge in [-0.15, -0.1) is 0 Å². The SMILES string of the molecule is CCN(C)CC1CCN(C(=O)Nc2cc(Cl)ccc2OCC2CCC2)C1. The minimum absolute atomic E-state index is 0.0672. The molecule has 1 atom stereocenters. The number of hydrogen-bond acceptors (Lipinski definition) is 3. The van der Waals surface area contributed by atoms with Gasteiger partial charge in [0.1, 0.15) is 5.75 Å². The summed E-state index contributed by atoms with van der Waals surface area (Å²) in [5, 5.41) is 3.60. The summed E-state index contributed by atoms with van der Waals surface area (Å²) in [6.45, 7) is 6.53. The summed E-state index contributed by atoms with van der Waals surface area (Å²) in [5.74, 6) is 1.89. The maximum absolute atomic E-state index is 12.7. The van der Waals surface area contributed by atoms with Gasteiger partial charge in [0, 0.05) is 24.7 Å². The smallest absolute Gasteiger partial charge is 0.321 e. The van der Waals surface area contributed by atoms with E-state index in [-0.39, 0.29) is 6.03 Å². The average molecular weight is 380 g/mol. The van der Waals surface area contributed by atoms with Crippen LogP contribution in [0.4, 0.5) is 10.5 Å². The van der Waals surface area contributed by atoms with Gasteiger partial charge in [-0.1, -0.05) is 24.9 Å². The van der Waals surface area contributed by atoms with Crippen LogP contribution in [-0.4, -0.2) is 55.7 Å². The highest BCUT2D eigenvalue weighted by molar-refractivity contribution is 6.31. The van der Waals surface area contributed by atoms with E-state index in [2.05, 4.69) is 24.2 Å². The Morgan fingerprint density at radius 3 is 2.85 bits per heavy atom. The average Bonchev–Trinajstić information content (AvgIpc) is 3.03. The van der Waals surface area contributed by atoms with Gasteiger partial charge in [0.15, 0.2) is 0 Å². The van der Waals surface area contributed by atoms with Crippen LogP contribution in [0.15, 0.2) is 18.2 Å². The fourth-order valence-electron chi connectivity index (χ4n) is 3.52. The Bertz CT molecular complexity index is 621. The van der Waals surface area contributed by atoms with Gasteiger partial charge in [0.25, 0.3) is 0 Å². The van der Waals surface area contributed by atoms with Crippen molar-refractivity contribution in [3.05, 3.63) is 23.2 Å². The second kappa shape index (κ2) is 8.96. The number of benzene rings is 1. The molecule has 0 spiro atoms. The standard InChI is InChI=1S/C20H30ClN3O2/c1-3-23(2)12-16-9-10-24(13-16)20(25)22-18-11-17(21)7-8-19(18)26-14-15-5-4-6-15/h7-8,11,15-16H,3-6,9-10,12-14H2,1-2H3,(H,22,25). The Kier molecular flexibility index (Phi) is 6.65. The third kappa shape index (κ3) is 5.04. The molecule has 1 saturated heterocycles. The van der Waals surface area contributed by atoms with Gasteiger partial charge in [-0.05, 0) is 62.9 Å². The first-order valence-corrected chi connectivity index (χ1v) is 10.1. The molecule has 0 bridgehead atoms. The Labute approximate surface area is 161 Å². The maximum atomic E-state index is 12.7. The Hall–Kier alpha value is -1.46. The van der Waals surface area contributed by atoms with E-state index < -0.39 is 0 Å². The number of carbonyl (C=O) groups excluding carboxylic acids is 1. The zero-order valence-electron chi connectivity index (χ0n) is 15.8. The Morgan fingerprint density at radius 1 is 1.35 bits per heavy atom. The molecule has 2 amide bonds. The number of anilines is 1. The van der Waals surface area contributed by atoms with E-state index in [1.807, 2.05) is 11.0 Å². The lowest BCUT2D eigenvalue weighted by Gasteiger charge is -2.26. The summed E-state index contributed by atoms with van der Waals surface area (Å²) in [5.41, 5.74) is 0.663. The van der Waals surface area contributed by atoms with E-state index in [4.69, 9.17) is 16.3 Å². The van der Waals surface area contributed by atoms with Crippen LogP contribution >= 0.6 is 11.6 Å². The van der Waals surface area contributed by atoms with Crippen LogP contribution in [0.25, 0.3) is 0 Å². The van der Waals surface area contributed by atoms with Crippen LogP contribution in [0.1, 0.15) is 32.6 Å². The van der Waals surface area contributed by atoms with E-state index in [1.54, 1.807) is 12.1 Å². The largest absolute Gasteiger partial charge is 0.491 e. The molecular weight excluding hydrogens is 350 g/mol. The van der Waals surface area contributed by atoms with Gasteiger partial charge in [0.2, 0.25) is 0 Å². The number of nitrogens with zero attached hydrogens (tertiary/aromatic N) is 2. The third-order valence-electron chi connectivity index (χ3n) is 5.57. The molecular formula is C20H30ClN3O2. The molecule has 2 fully saturated rings. The van der Waals surface area contributed by atoms with Gasteiger partial charge in [0.05, 0.1) is 12.3 Å². The second-order valence-electron chi connectivity index (χ2n) is 7.63. The van der Waals surface area contributed by atoms with Crippen LogP contribution in [0, 0.1) is 11.8 Å². The summed E-state index contributed by atoms with van der Waals surface area (Å²) in [4.78, 5) is 16.9. The molecule has 1 aliphatic heterocycles. The number of likely N-dealkylation sites (tertiary alicyclic amines) is 1. The minimum atomic E-state index is -0.0672. The predicted molar refractivity (Wildman–Crippen MR) is 106 cm³/mol. The van der Waals surface area contributed by atoms with Crippen molar-refractivity contribution in [2.45, 2.75) is 32.6 Å². The summed E-state index contributed by atoms with van der Waals surface area (Å²) >= 11 is 6.13. The first kappa shape index (κ1) is 19.3. The summed E-state index contributed by atoms with van der Waals surface area (Å²) in [6.07, 6.45) is 4.81. The monoisotopic (exact) mass is 379 g/mol. The minimum Gasteiger partial charge on any atom is -0.491 e. The molecule has 6 heteroatoms. The molecule has 2 aliphatic rings. The maximum Gasteiger partial charge on any atom is 0.321 e. The predicted octanol–water partition coefficient (Wildman–Crippen LogP) is 4.32. The molecule has 1 N–H and O–H groups in total. The van der Waals surface area contributed by atoms with E-state index in [0.29, 0.717) is 34.9 Å². The molecule has 144 valence electrons. The van der Waals surface area contributed by atoms with Gasteiger partial charge in [-0.3, -0.25) is 0 Å². The van der Waals surface area contributed by atoms with Gasteiger partial charge >= 0.3 is 6.03 Å². The molecule has 0 aromatic heterocycles. The van der Waals surface area contributed by atoms with Crippen molar-refractivity contribution in [1.82, 2.24) is 9.80 Å². The molecule has 1 aromatic rings. The molecule has 1 aromatic carbocycles. The fourth-order valence-corrected chi connectivity index (χ4v) is 3.70. The quantitative estimate of drug-likeness (QED) is 0.767. The number of halogens is 1. The molecule has 1 unspecified atom stereocenters. The van der Waals surface area contributed by atoms with Crippen molar-refractivity contribution in [2.75, 3.05) is 45.2 Å². The molecule has 0 radical (unpaired) electrons. The van der Waals surface area contributed by atoms with Gasteiger partial charge in [-0.2, -0.15) is 0 Å². The third-order valence-corrected chi connectivity index (χ3v) is 5.80. The van der Waals surface area contributed by atoms with Crippen molar-refractivity contribution in [2.24, 2.45) is 11.8 Å². The Balaban J connectivity index is 1.57. The van der Waals surface area contributed by atoms with Crippen molar-refractivity contribution in [3.8, 4) is 5.75 Å². The van der Waals surface area contributed by atoms with Crippen molar-refractivity contribution in [1.29, 1.82) is 0 Å². The van der Waals surface area contributed by atoms with E-state index >= 15 is 0 Å². The molecule has 26 heavy (non-hydrogen) atoms. The van der Waals surface area contributed by atoms with E-state index in [9.17, 15) is 4.79 Å². The first-order valence-electron chi connectivity index (χ1n) is 9.72. The van der Waals surface area contributed by atoms with Crippen LogP contribution < -0.4 is 10.1 Å². The lowest BCUT2D eigenvalue weighted by atomic mass is 9.86. The van der Waals surface area contributed by atoms with Crippen molar-refractivity contribution in [3.63, 3.8) is 0 Å². The zero-order valence-corrected chi connectivity index (χ0v) is 16.6. The normalized spacial score (nSPS) is 20.3. The zero-order chi connectivity index (χ0) is 18.5. The highest BCUT2D eigenvalue weighted by atomic mass is 35.5. The highest BCUT2D eigenvalue weighted by Gasteiger charge is 2.27. The lowest BCUT2D eigenvalue weighted by Crippen LogP contribution is -2.34. The molecule has 3 rings (SSSR count). The second-order valence-corrected chi connectivity index (χ2v) is 8.07. The number of ether oxygens (including phenoxy) is 1. The molecule has 1 heterocycles. The number of rotatable bonds is 7. The molecule has 5 nitrogen and oxygen atoms in total. The lowest BCUT2D eigenvalue weighted by molar-refractivity contribution is 0.181. The van der Waals surface area contributed by atoms with Crippen molar-refractivity contribution < 1.29 is 9.53 Å². The molecule has 1 aliphatic carbocycles. The molecule has 1 saturated carbocycles. The number of nitrogens with one attached hydrogen (secondary N) is 1. The van der Waals surface area contributed by atoms with E-state index in [1.165, 1.54) is 19.3 Å². The number of amides is 2. The van der Waals surface area contributed by atoms with E-state index in [0.717, 1.165) is 32.6 Å². The summed E-state index contributed by atoms with van der Waals surface area (Å²) in [6, 6.07) is 5.36. The first-order chi connectivity index (χ1) is 12.5. The van der Waals surface area contributed by atoms with Crippen LogP contribution in [0.5, 0.6) is 5.75 Å². The van der Waals surface area contributed by atoms with Gasteiger partial charge < -0.3 is 19.9 Å². The Morgan fingerprint density at radius 2 is 2.15 bits per heavy atom. The number of hydrogen-bond donors (Lipinski definition) is 1. The summed E-state index contributed by atoms with van der Waals surface area (Å²) in [7, 11) is 2.13. The van der Waals surface area contributed by atoms with Crippen molar-refractivity contribution >= 4 is 23.3 Å². The number of carbonyl (C=O) groups is 1. The summed E-state index contributed by atoms with van der Waals surface area (Å²) < 4.78 is 5.95. The van der Waals surface area contributed by atoms with Gasteiger partial charge in [-0.25, -0.2) is 4.79 Å². The fraction of sp³-hybridized carbons (Fsp3) is 0.650. The van der Waals surface area contributed by atoms with Crippen LogP contribution in [0.3, 0.4) is 0 Å². The topological polar surface area (TPSA) is 44.8 Å². The highest BCUT2D eigenvalue weighted by Crippen LogP contribution is 2.32.